The zero-order valence-corrected chi connectivity index (χ0v) is 14.8. The summed E-state index contributed by atoms with van der Waals surface area (Å²) in [5, 5.41) is 3.87. The quantitative estimate of drug-likeness (QED) is 0.829. The van der Waals surface area contributed by atoms with Crippen LogP contribution in [-0.2, 0) is 0 Å². The molecule has 3 nitrogen and oxygen atoms in total. The fourth-order valence-electron chi connectivity index (χ4n) is 2.89. The third kappa shape index (κ3) is 5.94. The van der Waals surface area contributed by atoms with Gasteiger partial charge in [-0.05, 0) is 56.0 Å². The summed E-state index contributed by atoms with van der Waals surface area (Å²) in [7, 11) is 0. The van der Waals surface area contributed by atoms with Crippen molar-refractivity contribution in [2.75, 3.05) is 32.9 Å². The lowest BCUT2D eigenvalue weighted by Gasteiger charge is -2.33. The van der Waals surface area contributed by atoms with E-state index in [1.165, 1.54) is 0 Å². The Kier molecular flexibility index (Phi) is 7.12. The molecule has 1 unspecified atom stereocenters. The lowest BCUT2D eigenvalue weighted by molar-refractivity contribution is 0.0932. The zero-order valence-electron chi connectivity index (χ0n) is 13.3. The molecule has 1 N–H and O–H groups in total. The van der Waals surface area contributed by atoms with E-state index in [1.54, 1.807) is 18.2 Å². The summed E-state index contributed by atoms with van der Waals surface area (Å²) in [6.07, 6.45) is 2.05. The minimum Gasteiger partial charge on any atom is -0.352 e. The Morgan fingerprint density at radius 2 is 1.91 bits per heavy atom. The highest BCUT2D eigenvalue weighted by Crippen LogP contribution is 2.20. The zero-order chi connectivity index (χ0) is 16.8. The number of rotatable bonds is 6. The van der Waals surface area contributed by atoms with Crippen LogP contribution in [0, 0.1) is 11.8 Å². The third-order valence-electron chi connectivity index (χ3n) is 4.22. The van der Waals surface area contributed by atoms with Crippen molar-refractivity contribution in [3.8, 4) is 0 Å². The minimum absolute atomic E-state index is 0.0961. The van der Waals surface area contributed by atoms with Gasteiger partial charge in [-0.1, -0.05) is 30.1 Å². The summed E-state index contributed by atoms with van der Waals surface area (Å²) in [6.45, 7) is 5.06. The molecule has 23 heavy (non-hydrogen) atoms. The number of halogens is 3. The van der Waals surface area contributed by atoms with E-state index in [4.69, 9.17) is 23.2 Å². The smallest absolute Gasteiger partial charge is 0.251 e. The van der Waals surface area contributed by atoms with Crippen LogP contribution in [0.2, 0.25) is 10.0 Å². The maximum absolute atomic E-state index is 12.6. The third-order valence-corrected chi connectivity index (χ3v) is 4.65. The van der Waals surface area contributed by atoms with E-state index < -0.39 is 0 Å². The molecule has 6 heteroatoms. The van der Waals surface area contributed by atoms with Gasteiger partial charge in [0.2, 0.25) is 0 Å². The predicted octanol–water partition coefficient (Wildman–Crippen LogP) is 4.04. The van der Waals surface area contributed by atoms with Gasteiger partial charge in [0.1, 0.15) is 0 Å². The van der Waals surface area contributed by atoms with Gasteiger partial charge in [0.15, 0.2) is 0 Å². The van der Waals surface area contributed by atoms with Gasteiger partial charge in [0.05, 0.1) is 6.67 Å². The summed E-state index contributed by atoms with van der Waals surface area (Å²) in [5.74, 6) is 0.409. The molecule has 0 bridgehead atoms. The number of hydrogen-bond donors (Lipinski definition) is 1. The molecular weight excluding hydrogens is 338 g/mol. The fraction of sp³-hybridized carbons (Fsp3) is 0.588. The molecule has 1 heterocycles. The van der Waals surface area contributed by atoms with Crippen LogP contribution in [0.1, 0.15) is 30.1 Å². The summed E-state index contributed by atoms with van der Waals surface area (Å²) < 4.78 is 12.6. The van der Waals surface area contributed by atoms with Crippen LogP contribution in [-0.4, -0.2) is 43.7 Å². The van der Waals surface area contributed by atoms with Gasteiger partial charge in [-0.25, -0.2) is 0 Å². The van der Waals surface area contributed by atoms with Gasteiger partial charge >= 0.3 is 0 Å². The number of alkyl halides is 1. The van der Waals surface area contributed by atoms with Crippen molar-refractivity contribution in [3.63, 3.8) is 0 Å². The molecule has 1 atom stereocenters. The number of nitrogens with one attached hydrogen (secondary N) is 1. The summed E-state index contributed by atoms with van der Waals surface area (Å²) in [6, 6.07) is 4.83. The summed E-state index contributed by atoms with van der Waals surface area (Å²) in [4.78, 5) is 14.5. The SMILES string of the molecule is CC(CF)CN1CCC(CNC(=O)c2cc(Cl)cc(Cl)c2)CC1. The molecule has 1 saturated heterocycles. The standard InChI is InChI=1S/C17H23Cl2FN2O/c1-12(9-20)11-22-4-2-13(3-5-22)10-21-17(23)14-6-15(18)8-16(19)7-14/h6-8,12-13H,2-5,9-11H2,1H3,(H,21,23). The summed E-state index contributed by atoms with van der Waals surface area (Å²) in [5.41, 5.74) is 0.483. The number of nitrogens with zero attached hydrogens (tertiary/aromatic N) is 1. The highest BCUT2D eigenvalue weighted by atomic mass is 35.5. The number of carbonyl (C=O) groups is 1. The van der Waals surface area contributed by atoms with E-state index in [2.05, 4.69) is 10.2 Å². The van der Waals surface area contributed by atoms with Crippen LogP contribution < -0.4 is 5.32 Å². The van der Waals surface area contributed by atoms with E-state index in [9.17, 15) is 9.18 Å². The molecule has 0 radical (unpaired) electrons. The molecule has 0 saturated carbocycles. The largest absolute Gasteiger partial charge is 0.352 e. The Hall–Kier alpha value is -0.840. The number of amides is 1. The van der Waals surface area contributed by atoms with Crippen molar-refractivity contribution < 1.29 is 9.18 Å². The highest BCUT2D eigenvalue weighted by molar-refractivity contribution is 6.35. The van der Waals surface area contributed by atoms with E-state index >= 15 is 0 Å². The highest BCUT2D eigenvalue weighted by Gasteiger charge is 2.21. The first-order valence-corrected chi connectivity index (χ1v) is 8.76. The van der Waals surface area contributed by atoms with Crippen LogP contribution in [0.15, 0.2) is 18.2 Å². The molecular formula is C17H23Cl2FN2O. The van der Waals surface area contributed by atoms with E-state index in [-0.39, 0.29) is 18.5 Å². The average molecular weight is 361 g/mol. The van der Waals surface area contributed by atoms with Gasteiger partial charge in [0.25, 0.3) is 5.91 Å². The molecule has 0 aromatic heterocycles. The average Bonchev–Trinajstić information content (AvgIpc) is 2.52. The van der Waals surface area contributed by atoms with Gasteiger partial charge in [-0.15, -0.1) is 0 Å². The van der Waals surface area contributed by atoms with E-state index in [0.29, 0.717) is 28.1 Å². The molecule has 1 amide bonds. The molecule has 1 aromatic carbocycles. The molecule has 0 spiro atoms. The normalized spacial score (nSPS) is 17.9. The lowest BCUT2D eigenvalue weighted by Crippen LogP contribution is -2.40. The van der Waals surface area contributed by atoms with Gasteiger partial charge < -0.3 is 10.2 Å². The number of likely N-dealkylation sites (tertiary alicyclic amines) is 1. The van der Waals surface area contributed by atoms with Gasteiger partial charge in [-0.2, -0.15) is 0 Å². The van der Waals surface area contributed by atoms with Crippen molar-refractivity contribution >= 4 is 29.1 Å². The maximum atomic E-state index is 12.6. The van der Waals surface area contributed by atoms with Crippen LogP contribution in [0.3, 0.4) is 0 Å². The first-order chi connectivity index (χ1) is 11.0. The second kappa shape index (κ2) is 8.86. The topological polar surface area (TPSA) is 32.3 Å². The Balaban J connectivity index is 1.75. The first-order valence-electron chi connectivity index (χ1n) is 8.00. The molecule has 128 valence electrons. The lowest BCUT2D eigenvalue weighted by atomic mass is 9.96. The Labute approximate surface area is 147 Å². The molecule has 1 aliphatic heterocycles. The minimum atomic E-state index is -0.266. The number of hydrogen-bond acceptors (Lipinski definition) is 2. The van der Waals surface area contributed by atoms with Crippen molar-refractivity contribution in [2.45, 2.75) is 19.8 Å². The molecule has 1 fully saturated rings. The molecule has 1 aromatic rings. The fourth-order valence-corrected chi connectivity index (χ4v) is 3.41. The Bertz CT molecular complexity index is 513. The van der Waals surface area contributed by atoms with Gasteiger partial charge in [0, 0.05) is 28.7 Å². The second-order valence-corrected chi connectivity index (χ2v) is 7.24. The predicted molar refractivity (Wildman–Crippen MR) is 93.1 cm³/mol. The van der Waals surface area contributed by atoms with Crippen molar-refractivity contribution in [3.05, 3.63) is 33.8 Å². The van der Waals surface area contributed by atoms with E-state index in [0.717, 1.165) is 32.5 Å². The van der Waals surface area contributed by atoms with E-state index in [1.807, 2.05) is 6.92 Å². The second-order valence-electron chi connectivity index (χ2n) is 6.37. The summed E-state index contributed by atoms with van der Waals surface area (Å²) >= 11 is 11.8. The Morgan fingerprint density at radius 1 is 1.30 bits per heavy atom. The van der Waals surface area contributed by atoms with Crippen LogP contribution in [0.25, 0.3) is 0 Å². The van der Waals surface area contributed by atoms with Crippen molar-refractivity contribution in [1.29, 1.82) is 0 Å². The van der Waals surface area contributed by atoms with Crippen molar-refractivity contribution in [2.24, 2.45) is 11.8 Å². The van der Waals surface area contributed by atoms with Crippen molar-refractivity contribution in [1.82, 2.24) is 10.2 Å². The molecule has 1 aliphatic rings. The number of carbonyl (C=O) groups excluding carboxylic acids is 1. The number of piperidine rings is 1. The Morgan fingerprint density at radius 3 is 2.48 bits per heavy atom. The van der Waals surface area contributed by atoms with Crippen LogP contribution in [0.5, 0.6) is 0 Å². The molecule has 2 rings (SSSR count). The van der Waals surface area contributed by atoms with Crippen LogP contribution in [0.4, 0.5) is 4.39 Å². The van der Waals surface area contributed by atoms with Gasteiger partial charge in [-0.3, -0.25) is 9.18 Å². The monoisotopic (exact) mass is 360 g/mol. The number of benzene rings is 1. The maximum Gasteiger partial charge on any atom is 0.251 e. The first kappa shape index (κ1) is 18.5. The molecule has 0 aliphatic carbocycles. The van der Waals surface area contributed by atoms with Crippen LogP contribution >= 0.6 is 23.2 Å².